The first-order valence-corrected chi connectivity index (χ1v) is 10.7. The first-order chi connectivity index (χ1) is 14.0. The SMILES string of the molecule is COCCN1[C@H]2CCN(C)CC[C@@H]2Oc2ccccc2S1(=O)=O.O=C(O)C(F)(F)F. The smallest absolute Gasteiger partial charge is 0.487 e. The summed E-state index contributed by atoms with van der Waals surface area (Å²) in [5.41, 5.74) is 0. The molecule has 0 unspecified atom stereocenters. The Balaban J connectivity index is 0.000000396. The highest BCUT2D eigenvalue weighted by Crippen LogP contribution is 2.36. The number of likely N-dealkylation sites (tertiary alicyclic amines) is 1. The first-order valence-electron chi connectivity index (χ1n) is 9.23. The lowest BCUT2D eigenvalue weighted by Gasteiger charge is -2.31. The van der Waals surface area contributed by atoms with Gasteiger partial charge >= 0.3 is 12.1 Å². The minimum Gasteiger partial charge on any atom is -0.487 e. The highest BCUT2D eigenvalue weighted by Gasteiger charge is 2.42. The minimum absolute atomic E-state index is 0.129. The second-order valence-corrected chi connectivity index (χ2v) is 8.82. The number of hydrogen-bond acceptors (Lipinski definition) is 6. The molecule has 0 aliphatic carbocycles. The van der Waals surface area contributed by atoms with Crippen molar-refractivity contribution >= 4 is 16.0 Å². The van der Waals surface area contributed by atoms with Crippen LogP contribution in [0.3, 0.4) is 0 Å². The summed E-state index contributed by atoms with van der Waals surface area (Å²) < 4.78 is 70.9. The number of halogens is 3. The van der Waals surface area contributed by atoms with E-state index in [0.29, 0.717) is 18.9 Å². The van der Waals surface area contributed by atoms with E-state index in [1.54, 1.807) is 29.6 Å². The van der Waals surface area contributed by atoms with Crippen LogP contribution >= 0.6 is 0 Å². The van der Waals surface area contributed by atoms with E-state index in [1.165, 1.54) is 0 Å². The standard InChI is InChI=1S/C16H24N2O4S.C2HF3O2/c1-17-9-7-13-14(8-10-17)22-15-5-3-4-6-16(15)23(19,20)18(13)11-12-21-2;3-2(4,5)1(6)7/h3-6,13-14H,7-12H2,1-2H3;(H,6,7)/t13-,14-;/m0./s1. The summed E-state index contributed by atoms with van der Waals surface area (Å²) >= 11 is 0. The van der Waals surface area contributed by atoms with E-state index < -0.39 is 22.2 Å². The van der Waals surface area contributed by atoms with Gasteiger partial charge in [0.1, 0.15) is 16.7 Å². The van der Waals surface area contributed by atoms with Gasteiger partial charge in [0, 0.05) is 20.2 Å². The second-order valence-electron chi connectivity index (χ2n) is 6.96. The Hall–Kier alpha value is -1.89. The number of aliphatic carboxylic acids is 1. The predicted molar refractivity (Wildman–Crippen MR) is 101 cm³/mol. The highest BCUT2D eigenvalue weighted by molar-refractivity contribution is 7.89. The Morgan fingerprint density at radius 2 is 1.87 bits per heavy atom. The zero-order valence-electron chi connectivity index (χ0n) is 16.6. The number of sulfonamides is 1. The molecular weight excluding hydrogens is 429 g/mol. The normalized spacial score (nSPS) is 24.2. The Bertz CT molecular complexity index is 833. The minimum atomic E-state index is -5.08. The van der Waals surface area contributed by atoms with Crippen LogP contribution in [0.1, 0.15) is 12.8 Å². The Morgan fingerprint density at radius 1 is 1.27 bits per heavy atom. The monoisotopic (exact) mass is 454 g/mol. The van der Waals surface area contributed by atoms with E-state index in [2.05, 4.69) is 11.9 Å². The molecule has 3 rings (SSSR count). The molecule has 1 N–H and O–H groups in total. The van der Waals surface area contributed by atoms with Gasteiger partial charge in [0.2, 0.25) is 10.0 Å². The summed E-state index contributed by atoms with van der Waals surface area (Å²) in [6, 6.07) is 6.77. The fourth-order valence-electron chi connectivity index (χ4n) is 3.35. The van der Waals surface area contributed by atoms with Crippen molar-refractivity contribution in [3.63, 3.8) is 0 Å². The second kappa shape index (κ2) is 9.94. The van der Waals surface area contributed by atoms with Crippen molar-refractivity contribution in [2.75, 3.05) is 40.4 Å². The topological polar surface area (TPSA) is 96.4 Å². The van der Waals surface area contributed by atoms with Crippen molar-refractivity contribution in [2.45, 2.75) is 36.1 Å². The number of carboxylic acids is 1. The van der Waals surface area contributed by atoms with Crippen molar-refractivity contribution in [1.29, 1.82) is 0 Å². The van der Waals surface area contributed by atoms with Gasteiger partial charge in [0.25, 0.3) is 0 Å². The van der Waals surface area contributed by atoms with Gasteiger partial charge in [-0.15, -0.1) is 0 Å². The fourth-order valence-corrected chi connectivity index (χ4v) is 5.14. The van der Waals surface area contributed by atoms with Gasteiger partial charge in [-0.3, -0.25) is 0 Å². The van der Waals surface area contributed by atoms with Crippen molar-refractivity contribution in [2.24, 2.45) is 0 Å². The average molecular weight is 454 g/mol. The number of nitrogens with zero attached hydrogens (tertiary/aromatic N) is 2. The van der Waals surface area contributed by atoms with E-state index in [0.717, 1.165) is 25.9 Å². The molecule has 0 spiro atoms. The van der Waals surface area contributed by atoms with Crippen molar-refractivity contribution in [3.8, 4) is 5.75 Å². The Labute approximate surface area is 173 Å². The van der Waals surface area contributed by atoms with Gasteiger partial charge in [-0.1, -0.05) is 12.1 Å². The number of para-hydroxylation sites is 1. The Kier molecular flexibility index (Phi) is 8.08. The van der Waals surface area contributed by atoms with E-state index in [9.17, 15) is 21.6 Å². The molecule has 2 heterocycles. The maximum absolute atomic E-state index is 13.2. The van der Waals surface area contributed by atoms with Gasteiger partial charge in [0.05, 0.1) is 12.6 Å². The number of carboxylic acid groups (broad SMARTS) is 1. The number of carbonyl (C=O) groups is 1. The van der Waals surface area contributed by atoms with Crippen molar-refractivity contribution in [1.82, 2.24) is 9.21 Å². The molecule has 170 valence electrons. The highest BCUT2D eigenvalue weighted by atomic mass is 32.2. The molecule has 1 aromatic rings. The first kappa shape index (κ1) is 24.4. The van der Waals surface area contributed by atoms with Crippen LogP contribution in [0.2, 0.25) is 0 Å². The number of methoxy groups -OCH3 is 1. The van der Waals surface area contributed by atoms with Crippen LogP contribution in [0.5, 0.6) is 5.75 Å². The van der Waals surface area contributed by atoms with Crippen LogP contribution in [0.15, 0.2) is 29.2 Å². The molecule has 1 fully saturated rings. The lowest BCUT2D eigenvalue weighted by molar-refractivity contribution is -0.192. The van der Waals surface area contributed by atoms with Gasteiger partial charge in [0.15, 0.2) is 0 Å². The average Bonchev–Trinajstić information content (AvgIpc) is 2.88. The van der Waals surface area contributed by atoms with E-state index >= 15 is 0 Å². The predicted octanol–water partition coefficient (Wildman–Crippen LogP) is 1.81. The quantitative estimate of drug-likeness (QED) is 0.744. The molecular formula is C18H25F3N2O6S. The molecule has 8 nitrogen and oxygen atoms in total. The zero-order valence-corrected chi connectivity index (χ0v) is 17.4. The molecule has 12 heteroatoms. The largest absolute Gasteiger partial charge is 0.490 e. The third-order valence-corrected chi connectivity index (χ3v) is 6.84. The van der Waals surface area contributed by atoms with Gasteiger partial charge in [-0.05, 0) is 38.6 Å². The number of ether oxygens (including phenoxy) is 2. The summed E-state index contributed by atoms with van der Waals surface area (Å²) in [6.45, 7) is 2.49. The van der Waals surface area contributed by atoms with Gasteiger partial charge in [-0.25, -0.2) is 13.2 Å². The van der Waals surface area contributed by atoms with Crippen LogP contribution < -0.4 is 4.74 Å². The third kappa shape index (κ3) is 5.84. The molecule has 0 amide bonds. The van der Waals surface area contributed by atoms with Crippen LogP contribution in [0, 0.1) is 0 Å². The zero-order chi connectivity index (χ0) is 22.5. The van der Waals surface area contributed by atoms with E-state index in [4.69, 9.17) is 19.4 Å². The molecule has 0 bridgehead atoms. The van der Waals surface area contributed by atoms with Gasteiger partial charge < -0.3 is 19.5 Å². The van der Waals surface area contributed by atoms with Crippen molar-refractivity contribution < 1.29 is 41.0 Å². The maximum atomic E-state index is 13.2. The van der Waals surface area contributed by atoms with Crippen molar-refractivity contribution in [3.05, 3.63) is 24.3 Å². The summed E-state index contributed by atoms with van der Waals surface area (Å²) in [7, 11) is 0.0673. The third-order valence-electron chi connectivity index (χ3n) is 4.87. The van der Waals surface area contributed by atoms with Crippen LogP contribution in [0.25, 0.3) is 0 Å². The molecule has 1 aromatic carbocycles. The lowest BCUT2D eigenvalue weighted by Crippen LogP contribution is -2.48. The number of fused-ring (bicyclic) bond motifs is 2. The number of benzene rings is 1. The molecule has 2 atom stereocenters. The van der Waals surface area contributed by atoms with E-state index in [1.807, 2.05) is 6.07 Å². The number of rotatable bonds is 3. The molecule has 30 heavy (non-hydrogen) atoms. The Morgan fingerprint density at radius 3 is 2.47 bits per heavy atom. The number of hydrogen-bond donors (Lipinski definition) is 1. The maximum Gasteiger partial charge on any atom is 0.490 e. The van der Waals surface area contributed by atoms with Crippen LogP contribution in [-0.4, -0.2) is 87.4 Å². The van der Waals surface area contributed by atoms with Gasteiger partial charge in [-0.2, -0.15) is 17.5 Å². The summed E-state index contributed by atoms with van der Waals surface area (Å²) in [6.07, 6.45) is -3.64. The molecule has 0 radical (unpaired) electrons. The summed E-state index contributed by atoms with van der Waals surface area (Å²) in [5, 5.41) is 7.12. The summed E-state index contributed by atoms with van der Waals surface area (Å²) in [5.74, 6) is -2.29. The number of alkyl halides is 3. The molecule has 2 aliphatic rings. The molecule has 0 saturated carbocycles. The fraction of sp³-hybridized carbons (Fsp3) is 0.611. The van der Waals surface area contributed by atoms with E-state index in [-0.39, 0.29) is 17.0 Å². The molecule has 1 saturated heterocycles. The van der Waals surface area contributed by atoms with Crippen LogP contribution in [-0.2, 0) is 19.6 Å². The lowest BCUT2D eigenvalue weighted by atomic mass is 10.1. The molecule has 0 aromatic heterocycles. The van der Waals surface area contributed by atoms with Crippen LogP contribution in [0.4, 0.5) is 13.2 Å². The summed E-state index contributed by atoms with van der Waals surface area (Å²) in [4.78, 5) is 11.4. The molecule has 2 aliphatic heterocycles.